The van der Waals surface area contributed by atoms with Crippen LogP contribution in [0.25, 0.3) is 34.6 Å². The van der Waals surface area contributed by atoms with Crippen LogP contribution in [0.3, 0.4) is 0 Å². The molecule has 0 aliphatic carbocycles. The number of nitrogens with zero attached hydrogens (tertiary/aromatic N) is 5. The van der Waals surface area contributed by atoms with Crippen LogP contribution in [0, 0.1) is 0 Å². The fourth-order valence-electron chi connectivity index (χ4n) is 1.79. The zero-order chi connectivity index (χ0) is 14.1. The number of hydrogen-bond donors (Lipinski definition) is 0. The molecule has 4 rings (SSSR count). The van der Waals surface area contributed by atoms with Crippen LogP contribution in [-0.4, -0.2) is 25.5 Å². The van der Waals surface area contributed by atoms with E-state index in [2.05, 4.69) is 25.5 Å². The summed E-state index contributed by atoms with van der Waals surface area (Å²) in [4.78, 5) is 4.27. The topological polar surface area (TPSA) is 104 Å². The van der Waals surface area contributed by atoms with E-state index in [0.29, 0.717) is 23.2 Å². The largest absolute Gasteiger partial charge is 0.422 e. The minimum atomic E-state index is 0.261. The Morgan fingerprint density at radius 3 is 2.62 bits per heavy atom. The van der Waals surface area contributed by atoms with Crippen LogP contribution in [0.4, 0.5) is 0 Å². The van der Waals surface area contributed by atoms with Gasteiger partial charge in [0.05, 0.1) is 0 Å². The van der Waals surface area contributed by atoms with Crippen LogP contribution in [0.2, 0.25) is 0 Å². The molecule has 0 N–H and O–H groups in total. The van der Waals surface area contributed by atoms with Gasteiger partial charge in [0, 0.05) is 11.6 Å². The summed E-state index contributed by atoms with van der Waals surface area (Å²) in [5.74, 6) is 1.32. The second-order valence-corrected chi connectivity index (χ2v) is 4.11. The van der Waals surface area contributed by atoms with Gasteiger partial charge in [-0.3, -0.25) is 0 Å². The molecule has 0 saturated carbocycles. The lowest BCUT2D eigenvalue weighted by Crippen LogP contribution is -1.78. The third kappa shape index (κ3) is 2.08. The lowest BCUT2D eigenvalue weighted by atomic mass is 10.2. The molecular formula is C13H7N5O3. The van der Waals surface area contributed by atoms with Gasteiger partial charge in [0.1, 0.15) is 0 Å². The summed E-state index contributed by atoms with van der Waals surface area (Å²) in [6.45, 7) is 0. The quantitative estimate of drug-likeness (QED) is 0.564. The van der Waals surface area contributed by atoms with Crippen LogP contribution < -0.4 is 0 Å². The molecule has 0 spiro atoms. The molecule has 0 radical (unpaired) electrons. The zero-order valence-electron chi connectivity index (χ0n) is 10.5. The number of benzene rings is 1. The molecule has 21 heavy (non-hydrogen) atoms. The van der Waals surface area contributed by atoms with Crippen molar-refractivity contribution < 1.29 is 13.5 Å². The first-order valence-corrected chi connectivity index (χ1v) is 6.03. The van der Waals surface area contributed by atoms with Crippen LogP contribution in [-0.2, 0) is 0 Å². The highest BCUT2D eigenvalue weighted by molar-refractivity contribution is 5.59. The summed E-state index contributed by atoms with van der Waals surface area (Å²) < 4.78 is 15.4. The number of hydrogen-bond acceptors (Lipinski definition) is 8. The summed E-state index contributed by atoms with van der Waals surface area (Å²) in [5, 5.41) is 15.0. The Morgan fingerprint density at radius 1 is 0.905 bits per heavy atom. The molecule has 8 heteroatoms. The highest BCUT2D eigenvalue weighted by Gasteiger charge is 2.17. The molecule has 8 nitrogen and oxygen atoms in total. The molecule has 3 heterocycles. The lowest BCUT2D eigenvalue weighted by Gasteiger charge is -1.89. The highest BCUT2D eigenvalue weighted by atomic mass is 16.5. The normalized spacial score (nSPS) is 10.9. The summed E-state index contributed by atoms with van der Waals surface area (Å²) in [6, 6.07) is 11.0. The van der Waals surface area contributed by atoms with Crippen LogP contribution in [0.1, 0.15) is 0 Å². The van der Waals surface area contributed by atoms with Gasteiger partial charge >= 0.3 is 0 Å². The second-order valence-electron chi connectivity index (χ2n) is 4.11. The summed E-state index contributed by atoms with van der Waals surface area (Å²) in [5.41, 5.74) is 1.24. The van der Waals surface area contributed by atoms with Crippen molar-refractivity contribution in [3.63, 3.8) is 0 Å². The van der Waals surface area contributed by atoms with E-state index in [-0.39, 0.29) is 5.89 Å². The second kappa shape index (κ2) is 4.67. The Balaban J connectivity index is 1.67. The minimum absolute atomic E-state index is 0.261. The van der Waals surface area contributed by atoms with Gasteiger partial charge in [0.2, 0.25) is 18.0 Å². The van der Waals surface area contributed by atoms with E-state index in [1.807, 2.05) is 30.3 Å². The van der Waals surface area contributed by atoms with Gasteiger partial charge in [-0.05, 0) is 12.1 Å². The minimum Gasteiger partial charge on any atom is -0.422 e. The fourth-order valence-corrected chi connectivity index (χ4v) is 1.79. The molecule has 0 saturated heterocycles. The summed E-state index contributed by atoms with van der Waals surface area (Å²) in [7, 11) is 0. The average Bonchev–Trinajstić information content (AvgIpc) is 3.27. The standard InChI is InChI=1S/C13H7N5O3/c1-2-4-8(5-3-1)12-15-11(18-21-12)10-6-9(17-20-10)13-16-14-7-19-13/h1-7H. The van der Waals surface area contributed by atoms with Crippen molar-refractivity contribution in [2.45, 2.75) is 0 Å². The van der Waals surface area contributed by atoms with E-state index >= 15 is 0 Å². The smallest absolute Gasteiger partial charge is 0.269 e. The van der Waals surface area contributed by atoms with Crippen molar-refractivity contribution in [2.75, 3.05) is 0 Å². The first-order valence-electron chi connectivity index (χ1n) is 6.03. The van der Waals surface area contributed by atoms with Crippen molar-refractivity contribution in [3.8, 4) is 34.6 Å². The van der Waals surface area contributed by atoms with Crippen LogP contribution in [0.15, 0.2) is 56.3 Å². The maximum atomic E-state index is 5.20. The third-order valence-corrected chi connectivity index (χ3v) is 2.76. The molecule has 0 aliphatic rings. The van der Waals surface area contributed by atoms with Crippen molar-refractivity contribution in [2.24, 2.45) is 0 Å². The Hall–Kier alpha value is -3.29. The molecule has 1 aromatic carbocycles. The van der Waals surface area contributed by atoms with E-state index in [9.17, 15) is 0 Å². The Morgan fingerprint density at radius 2 is 1.81 bits per heavy atom. The van der Waals surface area contributed by atoms with E-state index in [0.717, 1.165) is 5.56 Å². The van der Waals surface area contributed by atoms with Crippen molar-refractivity contribution in [1.29, 1.82) is 0 Å². The highest BCUT2D eigenvalue weighted by Crippen LogP contribution is 2.25. The Kier molecular flexibility index (Phi) is 2.57. The fraction of sp³-hybridized carbons (Fsp3) is 0. The van der Waals surface area contributed by atoms with E-state index in [4.69, 9.17) is 13.5 Å². The van der Waals surface area contributed by atoms with Crippen molar-refractivity contribution >= 4 is 0 Å². The van der Waals surface area contributed by atoms with Gasteiger partial charge in [0.15, 0.2) is 5.69 Å². The number of rotatable bonds is 3. The summed E-state index contributed by atoms with van der Waals surface area (Å²) >= 11 is 0. The maximum absolute atomic E-state index is 5.20. The van der Waals surface area contributed by atoms with E-state index in [1.54, 1.807) is 6.07 Å². The maximum Gasteiger partial charge on any atom is 0.269 e. The third-order valence-electron chi connectivity index (χ3n) is 2.76. The molecule has 0 atom stereocenters. The van der Waals surface area contributed by atoms with Crippen molar-refractivity contribution in [3.05, 3.63) is 42.8 Å². The van der Waals surface area contributed by atoms with Gasteiger partial charge < -0.3 is 13.5 Å². The lowest BCUT2D eigenvalue weighted by molar-refractivity contribution is 0.412. The molecule has 4 aromatic rings. The SMILES string of the molecule is c1ccc(-c2nc(-c3cc(-c4nnco4)no3)no2)cc1. The van der Waals surface area contributed by atoms with E-state index < -0.39 is 0 Å². The molecule has 3 aromatic heterocycles. The zero-order valence-corrected chi connectivity index (χ0v) is 10.5. The first kappa shape index (κ1) is 11.5. The van der Waals surface area contributed by atoms with E-state index in [1.165, 1.54) is 6.39 Å². The molecule has 0 aliphatic heterocycles. The molecule has 0 bridgehead atoms. The van der Waals surface area contributed by atoms with Gasteiger partial charge in [-0.15, -0.1) is 10.2 Å². The van der Waals surface area contributed by atoms with Gasteiger partial charge in [-0.2, -0.15) is 4.98 Å². The average molecular weight is 281 g/mol. The van der Waals surface area contributed by atoms with Gasteiger partial charge in [-0.1, -0.05) is 28.5 Å². The Bertz CT molecular complexity index is 851. The first-order chi connectivity index (χ1) is 10.4. The molecule has 102 valence electrons. The molecule has 0 unspecified atom stereocenters. The van der Waals surface area contributed by atoms with Gasteiger partial charge in [-0.25, -0.2) is 0 Å². The number of aromatic nitrogens is 5. The predicted octanol–water partition coefficient (Wildman–Crippen LogP) is 2.44. The van der Waals surface area contributed by atoms with Crippen LogP contribution >= 0.6 is 0 Å². The van der Waals surface area contributed by atoms with Crippen LogP contribution in [0.5, 0.6) is 0 Å². The monoisotopic (exact) mass is 281 g/mol. The molecular weight excluding hydrogens is 274 g/mol. The predicted molar refractivity (Wildman–Crippen MR) is 68.5 cm³/mol. The molecule has 0 fully saturated rings. The van der Waals surface area contributed by atoms with Crippen molar-refractivity contribution in [1.82, 2.24) is 25.5 Å². The molecule has 0 amide bonds. The Labute approximate surface area is 117 Å². The van der Waals surface area contributed by atoms with Gasteiger partial charge in [0.25, 0.3) is 11.8 Å². The summed E-state index contributed by atoms with van der Waals surface area (Å²) in [6.07, 6.45) is 1.21.